The van der Waals surface area contributed by atoms with E-state index < -0.39 is 4.92 Å². The molecule has 0 atom stereocenters. The molecule has 1 aliphatic heterocycles. The average Bonchev–Trinajstić information content (AvgIpc) is 2.39. The van der Waals surface area contributed by atoms with Crippen molar-refractivity contribution in [3.63, 3.8) is 0 Å². The standard InChI is InChI=1S/C12H14N2O3.ClH/c15-12(9-4-6-13-7-5-9)10-2-1-3-11(8-10)14(16)17;/h1-3,8-9,13H,4-7H2;1H. The zero-order chi connectivity index (χ0) is 12.3. The van der Waals surface area contributed by atoms with E-state index in [2.05, 4.69) is 5.32 Å². The van der Waals surface area contributed by atoms with Gasteiger partial charge in [0.15, 0.2) is 5.78 Å². The number of halogens is 1. The van der Waals surface area contributed by atoms with Gasteiger partial charge < -0.3 is 5.32 Å². The quantitative estimate of drug-likeness (QED) is 0.519. The van der Waals surface area contributed by atoms with E-state index in [0.29, 0.717) is 5.56 Å². The monoisotopic (exact) mass is 270 g/mol. The SMILES string of the molecule is Cl.O=C(c1cccc([N+](=O)[O-])c1)C1CCNCC1. The van der Waals surface area contributed by atoms with Crippen LogP contribution in [0.2, 0.25) is 0 Å². The molecule has 0 unspecified atom stereocenters. The number of non-ortho nitro benzene ring substituents is 1. The summed E-state index contributed by atoms with van der Waals surface area (Å²) in [5.74, 6) is 0.0217. The fourth-order valence-corrected chi connectivity index (χ4v) is 2.09. The second-order valence-electron chi connectivity index (χ2n) is 4.20. The molecule has 1 saturated heterocycles. The Bertz CT molecular complexity index is 445. The zero-order valence-electron chi connectivity index (χ0n) is 9.80. The highest BCUT2D eigenvalue weighted by molar-refractivity contribution is 5.98. The van der Waals surface area contributed by atoms with E-state index in [0.717, 1.165) is 25.9 Å². The minimum atomic E-state index is -0.473. The molecule has 0 bridgehead atoms. The first-order chi connectivity index (χ1) is 8.18. The number of ketones is 1. The van der Waals surface area contributed by atoms with Crippen LogP contribution in [-0.4, -0.2) is 23.8 Å². The number of benzene rings is 1. The van der Waals surface area contributed by atoms with Gasteiger partial charge in [0.2, 0.25) is 0 Å². The lowest BCUT2D eigenvalue weighted by molar-refractivity contribution is -0.384. The molecule has 1 aromatic rings. The molecule has 2 rings (SSSR count). The minimum absolute atomic E-state index is 0. The van der Waals surface area contributed by atoms with Crippen molar-refractivity contribution < 1.29 is 9.72 Å². The molecule has 0 aliphatic carbocycles. The summed E-state index contributed by atoms with van der Waals surface area (Å²) in [6, 6.07) is 5.98. The van der Waals surface area contributed by atoms with Gasteiger partial charge in [0.1, 0.15) is 0 Å². The van der Waals surface area contributed by atoms with Gasteiger partial charge in [0.05, 0.1) is 4.92 Å². The topological polar surface area (TPSA) is 72.2 Å². The first kappa shape index (κ1) is 14.6. The van der Waals surface area contributed by atoms with Gasteiger partial charge in [-0.1, -0.05) is 12.1 Å². The smallest absolute Gasteiger partial charge is 0.270 e. The zero-order valence-corrected chi connectivity index (χ0v) is 10.6. The number of hydrogen-bond acceptors (Lipinski definition) is 4. The van der Waals surface area contributed by atoms with Crippen LogP contribution in [0.15, 0.2) is 24.3 Å². The molecule has 6 heteroatoms. The van der Waals surface area contributed by atoms with Crippen LogP contribution in [0.25, 0.3) is 0 Å². The molecule has 0 aromatic heterocycles. The number of hydrogen-bond donors (Lipinski definition) is 1. The lowest BCUT2D eigenvalue weighted by atomic mass is 9.89. The summed E-state index contributed by atoms with van der Waals surface area (Å²) in [4.78, 5) is 22.3. The normalized spacial score (nSPS) is 15.8. The van der Waals surface area contributed by atoms with Gasteiger partial charge in [-0.2, -0.15) is 0 Å². The van der Waals surface area contributed by atoms with Crippen molar-refractivity contribution in [2.75, 3.05) is 13.1 Å². The lowest BCUT2D eigenvalue weighted by Crippen LogP contribution is -2.31. The third-order valence-electron chi connectivity index (χ3n) is 3.05. The molecule has 1 aliphatic rings. The molecule has 0 spiro atoms. The Balaban J connectivity index is 0.00000162. The van der Waals surface area contributed by atoms with Crippen LogP contribution >= 0.6 is 12.4 Å². The van der Waals surface area contributed by atoms with E-state index >= 15 is 0 Å². The van der Waals surface area contributed by atoms with Crippen LogP contribution in [-0.2, 0) is 0 Å². The van der Waals surface area contributed by atoms with Gasteiger partial charge in [-0.05, 0) is 25.9 Å². The Hall–Kier alpha value is -1.46. The largest absolute Gasteiger partial charge is 0.317 e. The van der Waals surface area contributed by atoms with E-state index in [4.69, 9.17) is 0 Å². The van der Waals surface area contributed by atoms with Crippen LogP contribution in [0, 0.1) is 16.0 Å². The van der Waals surface area contributed by atoms with E-state index in [1.165, 1.54) is 12.1 Å². The molecule has 0 amide bonds. The Morgan fingerprint density at radius 2 is 2.00 bits per heavy atom. The highest BCUT2D eigenvalue weighted by Crippen LogP contribution is 2.21. The molecule has 1 N–H and O–H groups in total. The van der Waals surface area contributed by atoms with Crippen LogP contribution in [0.3, 0.4) is 0 Å². The Morgan fingerprint density at radius 1 is 1.33 bits per heavy atom. The van der Waals surface area contributed by atoms with Crippen molar-refractivity contribution in [1.82, 2.24) is 5.32 Å². The third-order valence-corrected chi connectivity index (χ3v) is 3.05. The number of nitro groups is 1. The van der Waals surface area contributed by atoms with Crippen LogP contribution in [0.5, 0.6) is 0 Å². The summed E-state index contributed by atoms with van der Waals surface area (Å²) in [6.07, 6.45) is 1.61. The predicted molar refractivity (Wildman–Crippen MR) is 70.3 cm³/mol. The predicted octanol–water partition coefficient (Wildman–Crippen LogP) is 2.20. The summed E-state index contributed by atoms with van der Waals surface area (Å²) in [5.41, 5.74) is 0.427. The van der Waals surface area contributed by atoms with Gasteiger partial charge in [-0.15, -0.1) is 12.4 Å². The molecule has 98 valence electrons. The number of rotatable bonds is 3. The Kier molecular flexibility index (Phi) is 5.25. The lowest BCUT2D eigenvalue weighted by Gasteiger charge is -2.21. The van der Waals surface area contributed by atoms with Crippen LogP contribution < -0.4 is 5.32 Å². The molecular formula is C12H15ClN2O3. The number of Topliss-reactive ketones (excluding diaryl/α,β-unsaturated/α-hetero) is 1. The molecule has 0 radical (unpaired) electrons. The minimum Gasteiger partial charge on any atom is -0.317 e. The van der Waals surface area contributed by atoms with Crippen LogP contribution in [0.4, 0.5) is 5.69 Å². The van der Waals surface area contributed by atoms with E-state index in [1.54, 1.807) is 12.1 Å². The van der Waals surface area contributed by atoms with Crippen LogP contribution in [0.1, 0.15) is 23.2 Å². The second-order valence-corrected chi connectivity index (χ2v) is 4.20. The van der Waals surface area contributed by atoms with E-state index in [1.807, 2.05) is 0 Å². The summed E-state index contributed by atoms with van der Waals surface area (Å²) >= 11 is 0. The molecule has 1 heterocycles. The second kappa shape index (κ2) is 6.47. The number of nitrogens with one attached hydrogen (secondary N) is 1. The maximum absolute atomic E-state index is 12.1. The summed E-state index contributed by atoms with van der Waals surface area (Å²) < 4.78 is 0. The number of carbonyl (C=O) groups excluding carboxylic acids is 1. The van der Waals surface area contributed by atoms with E-state index in [9.17, 15) is 14.9 Å². The van der Waals surface area contributed by atoms with Crippen molar-refractivity contribution in [2.24, 2.45) is 5.92 Å². The molecule has 1 aromatic carbocycles. The first-order valence-corrected chi connectivity index (χ1v) is 5.68. The van der Waals surface area contributed by atoms with Crippen molar-refractivity contribution in [3.05, 3.63) is 39.9 Å². The molecule has 1 fully saturated rings. The summed E-state index contributed by atoms with van der Waals surface area (Å²) in [6.45, 7) is 1.68. The Morgan fingerprint density at radius 3 is 2.61 bits per heavy atom. The maximum atomic E-state index is 12.1. The van der Waals surface area contributed by atoms with Gasteiger partial charge in [0, 0.05) is 23.6 Å². The van der Waals surface area contributed by atoms with Crippen molar-refractivity contribution >= 4 is 23.9 Å². The van der Waals surface area contributed by atoms with Crippen molar-refractivity contribution in [2.45, 2.75) is 12.8 Å². The summed E-state index contributed by atoms with van der Waals surface area (Å²) in [7, 11) is 0. The number of carbonyl (C=O) groups is 1. The van der Waals surface area contributed by atoms with Crippen molar-refractivity contribution in [1.29, 1.82) is 0 Å². The van der Waals surface area contributed by atoms with Gasteiger partial charge in [-0.3, -0.25) is 14.9 Å². The number of nitrogens with zero attached hydrogens (tertiary/aromatic N) is 1. The highest BCUT2D eigenvalue weighted by atomic mass is 35.5. The molecule has 18 heavy (non-hydrogen) atoms. The van der Waals surface area contributed by atoms with E-state index in [-0.39, 0.29) is 29.8 Å². The average molecular weight is 271 g/mol. The number of nitro benzene ring substituents is 1. The Labute approximate surface area is 111 Å². The van der Waals surface area contributed by atoms with Crippen molar-refractivity contribution in [3.8, 4) is 0 Å². The first-order valence-electron chi connectivity index (χ1n) is 5.68. The molecular weight excluding hydrogens is 256 g/mol. The van der Waals surface area contributed by atoms with Gasteiger partial charge >= 0.3 is 0 Å². The molecule has 5 nitrogen and oxygen atoms in total. The van der Waals surface area contributed by atoms with Gasteiger partial charge in [0.25, 0.3) is 5.69 Å². The number of piperidine rings is 1. The highest BCUT2D eigenvalue weighted by Gasteiger charge is 2.23. The fourth-order valence-electron chi connectivity index (χ4n) is 2.09. The fraction of sp³-hybridized carbons (Fsp3) is 0.417. The maximum Gasteiger partial charge on any atom is 0.270 e. The van der Waals surface area contributed by atoms with Gasteiger partial charge in [-0.25, -0.2) is 0 Å². The third kappa shape index (κ3) is 3.27. The summed E-state index contributed by atoms with van der Waals surface area (Å²) in [5, 5.41) is 13.8. The molecule has 0 saturated carbocycles.